The number of para-hydroxylation sites is 1. The summed E-state index contributed by atoms with van der Waals surface area (Å²) < 4.78 is 2.00. The third-order valence-electron chi connectivity index (χ3n) is 3.98. The Hall–Kier alpha value is -1.35. The van der Waals surface area contributed by atoms with E-state index in [2.05, 4.69) is 36.5 Å². The molecule has 3 nitrogen and oxygen atoms in total. The van der Waals surface area contributed by atoms with Crippen molar-refractivity contribution in [3.8, 4) is 0 Å². The largest absolute Gasteiger partial charge is 0.316 e. The lowest BCUT2D eigenvalue weighted by Crippen LogP contribution is -2.36. The van der Waals surface area contributed by atoms with Crippen molar-refractivity contribution in [2.24, 2.45) is 18.9 Å². The molecule has 0 amide bonds. The van der Waals surface area contributed by atoms with E-state index in [1.165, 1.54) is 29.6 Å². The first kappa shape index (κ1) is 11.7. The smallest absolute Gasteiger partial charge is 0.0706 e. The van der Waals surface area contributed by atoms with E-state index in [1.807, 2.05) is 11.7 Å². The van der Waals surface area contributed by atoms with E-state index in [9.17, 15) is 0 Å². The lowest BCUT2D eigenvalue weighted by Gasteiger charge is -2.27. The highest BCUT2D eigenvalue weighted by atomic mass is 15.3. The molecule has 96 valence electrons. The molecule has 3 heteroatoms. The summed E-state index contributed by atoms with van der Waals surface area (Å²) >= 11 is 0. The van der Waals surface area contributed by atoms with Crippen molar-refractivity contribution in [1.29, 1.82) is 0 Å². The minimum absolute atomic E-state index is 0.729. The maximum absolute atomic E-state index is 4.70. The molecule has 18 heavy (non-hydrogen) atoms. The van der Waals surface area contributed by atoms with Crippen LogP contribution in [0.5, 0.6) is 0 Å². The summed E-state index contributed by atoms with van der Waals surface area (Å²) in [5, 5.41) is 9.54. The van der Waals surface area contributed by atoms with Crippen molar-refractivity contribution < 1.29 is 0 Å². The highest BCUT2D eigenvalue weighted by Gasteiger charge is 2.20. The van der Waals surface area contributed by atoms with Crippen LogP contribution in [0.15, 0.2) is 24.3 Å². The Morgan fingerprint density at radius 1 is 1.33 bits per heavy atom. The number of hydrogen-bond acceptors (Lipinski definition) is 2. The Bertz CT molecular complexity index is 544. The highest BCUT2D eigenvalue weighted by molar-refractivity contribution is 5.81. The van der Waals surface area contributed by atoms with Crippen LogP contribution < -0.4 is 5.32 Å². The maximum atomic E-state index is 4.70. The average Bonchev–Trinajstić information content (AvgIpc) is 2.67. The van der Waals surface area contributed by atoms with Crippen molar-refractivity contribution in [2.75, 3.05) is 13.1 Å². The van der Waals surface area contributed by atoms with Crippen LogP contribution in [0.2, 0.25) is 0 Å². The summed E-state index contributed by atoms with van der Waals surface area (Å²) in [6.45, 7) is 4.63. The molecule has 1 aliphatic heterocycles. The molecule has 0 saturated carbocycles. The van der Waals surface area contributed by atoms with E-state index in [0.29, 0.717) is 0 Å². The number of fused-ring (bicyclic) bond motifs is 1. The summed E-state index contributed by atoms with van der Waals surface area (Å²) in [5.74, 6) is 1.52. The fourth-order valence-electron chi connectivity index (χ4n) is 3.14. The van der Waals surface area contributed by atoms with Crippen LogP contribution in [0.3, 0.4) is 0 Å². The highest BCUT2D eigenvalue weighted by Crippen LogP contribution is 2.24. The van der Waals surface area contributed by atoms with Crippen LogP contribution in [-0.2, 0) is 13.5 Å². The molecule has 0 radical (unpaired) electrons. The molecule has 1 saturated heterocycles. The van der Waals surface area contributed by atoms with Crippen molar-refractivity contribution in [3.63, 3.8) is 0 Å². The Balaban J connectivity index is 1.86. The zero-order valence-electron chi connectivity index (χ0n) is 11.2. The summed E-state index contributed by atoms with van der Waals surface area (Å²) in [5.41, 5.74) is 2.50. The number of hydrogen-bond donors (Lipinski definition) is 1. The van der Waals surface area contributed by atoms with Gasteiger partial charge in [-0.3, -0.25) is 4.68 Å². The molecule has 2 heterocycles. The molecule has 1 aromatic carbocycles. The minimum atomic E-state index is 0.729. The van der Waals surface area contributed by atoms with Gasteiger partial charge in [0.15, 0.2) is 0 Å². The lowest BCUT2D eigenvalue weighted by molar-refractivity contribution is 0.300. The van der Waals surface area contributed by atoms with Crippen LogP contribution in [-0.4, -0.2) is 22.9 Å². The first-order chi connectivity index (χ1) is 8.74. The maximum Gasteiger partial charge on any atom is 0.0706 e. The van der Waals surface area contributed by atoms with Gasteiger partial charge in [0.05, 0.1) is 11.2 Å². The zero-order valence-corrected chi connectivity index (χ0v) is 11.2. The number of nitrogens with one attached hydrogen (secondary N) is 1. The van der Waals surface area contributed by atoms with Crippen LogP contribution in [0.25, 0.3) is 10.9 Å². The van der Waals surface area contributed by atoms with Crippen molar-refractivity contribution >= 4 is 10.9 Å². The molecular formula is C15H21N3. The molecule has 0 spiro atoms. The van der Waals surface area contributed by atoms with Gasteiger partial charge in [-0.25, -0.2) is 0 Å². The summed E-state index contributed by atoms with van der Waals surface area (Å²) in [4.78, 5) is 0. The van der Waals surface area contributed by atoms with Gasteiger partial charge in [0.2, 0.25) is 0 Å². The molecule has 0 bridgehead atoms. The van der Waals surface area contributed by atoms with Gasteiger partial charge in [0.25, 0.3) is 0 Å². The van der Waals surface area contributed by atoms with Gasteiger partial charge in [-0.15, -0.1) is 0 Å². The Labute approximate surface area is 108 Å². The minimum Gasteiger partial charge on any atom is -0.316 e. The van der Waals surface area contributed by atoms with E-state index in [0.717, 1.165) is 24.8 Å². The quantitative estimate of drug-likeness (QED) is 0.877. The Kier molecular flexibility index (Phi) is 3.08. The van der Waals surface area contributed by atoms with Crippen molar-refractivity contribution in [3.05, 3.63) is 30.0 Å². The van der Waals surface area contributed by atoms with Gasteiger partial charge in [-0.1, -0.05) is 25.1 Å². The molecule has 2 atom stereocenters. The topological polar surface area (TPSA) is 29.9 Å². The fraction of sp³-hybridized carbons (Fsp3) is 0.533. The normalized spacial score (nSPS) is 24.6. The third-order valence-corrected chi connectivity index (χ3v) is 3.98. The predicted octanol–water partition coefficient (Wildman–Crippen LogP) is 2.36. The Morgan fingerprint density at radius 3 is 3.00 bits per heavy atom. The van der Waals surface area contributed by atoms with E-state index in [4.69, 9.17) is 5.10 Å². The molecule has 0 aliphatic carbocycles. The number of aromatic nitrogens is 2. The van der Waals surface area contributed by atoms with Crippen LogP contribution in [0, 0.1) is 11.8 Å². The number of nitrogens with zero attached hydrogens (tertiary/aromatic N) is 2. The second-order valence-corrected chi connectivity index (χ2v) is 5.66. The molecule has 1 fully saturated rings. The van der Waals surface area contributed by atoms with Crippen LogP contribution in [0.4, 0.5) is 0 Å². The summed E-state index contributed by atoms with van der Waals surface area (Å²) in [7, 11) is 2.04. The fourth-order valence-corrected chi connectivity index (χ4v) is 3.14. The van der Waals surface area contributed by atoms with Gasteiger partial charge in [0.1, 0.15) is 0 Å². The van der Waals surface area contributed by atoms with Gasteiger partial charge >= 0.3 is 0 Å². The molecule has 1 aliphatic rings. The molecular weight excluding hydrogens is 222 g/mol. The number of piperidine rings is 1. The van der Waals surface area contributed by atoms with Gasteiger partial charge in [-0.05, 0) is 43.8 Å². The first-order valence-electron chi connectivity index (χ1n) is 6.85. The first-order valence-corrected chi connectivity index (χ1v) is 6.85. The van der Waals surface area contributed by atoms with Crippen LogP contribution in [0.1, 0.15) is 19.0 Å². The van der Waals surface area contributed by atoms with E-state index >= 15 is 0 Å². The molecule has 3 rings (SSSR count). The monoisotopic (exact) mass is 243 g/mol. The number of rotatable bonds is 2. The van der Waals surface area contributed by atoms with Gasteiger partial charge < -0.3 is 5.32 Å². The lowest BCUT2D eigenvalue weighted by atomic mass is 9.88. The standard InChI is InChI=1S/C15H21N3/c1-11-7-12(10-16-9-11)8-14-13-5-3-4-6-15(13)18(2)17-14/h3-6,11-12,16H,7-10H2,1-2H3. The Morgan fingerprint density at radius 2 is 2.17 bits per heavy atom. The second kappa shape index (κ2) is 4.73. The molecule has 2 unspecified atom stereocenters. The molecule has 1 N–H and O–H groups in total. The molecule has 1 aromatic heterocycles. The van der Waals surface area contributed by atoms with Crippen molar-refractivity contribution in [2.45, 2.75) is 19.8 Å². The van der Waals surface area contributed by atoms with E-state index in [-0.39, 0.29) is 0 Å². The average molecular weight is 243 g/mol. The van der Waals surface area contributed by atoms with E-state index < -0.39 is 0 Å². The van der Waals surface area contributed by atoms with Gasteiger partial charge in [0, 0.05) is 12.4 Å². The second-order valence-electron chi connectivity index (χ2n) is 5.66. The number of aryl methyl sites for hydroxylation is 1. The predicted molar refractivity (Wildman–Crippen MR) is 74.6 cm³/mol. The number of benzene rings is 1. The van der Waals surface area contributed by atoms with Crippen molar-refractivity contribution in [1.82, 2.24) is 15.1 Å². The summed E-state index contributed by atoms with van der Waals surface area (Å²) in [6, 6.07) is 8.53. The summed E-state index contributed by atoms with van der Waals surface area (Å²) in [6.07, 6.45) is 2.41. The van der Waals surface area contributed by atoms with E-state index in [1.54, 1.807) is 0 Å². The SMILES string of the molecule is CC1CNCC(Cc2nn(C)c3ccccc23)C1. The third kappa shape index (κ3) is 2.15. The zero-order chi connectivity index (χ0) is 12.5. The molecule has 2 aromatic rings. The van der Waals surface area contributed by atoms with Gasteiger partial charge in [-0.2, -0.15) is 5.10 Å². The van der Waals surface area contributed by atoms with Crippen LogP contribution >= 0.6 is 0 Å².